The van der Waals surface area contributed by atoms with Crippen molar-refractivity contribution in [3.8, 4) is 6.07 Å². The van der Waals surface area contributed by atoms with Gasteiger partial charge in [-0.25, -0.2) is 4.79 Å². The molecule has 2 aromatic carbocycles. The molecule has 0 radical (unpaired) electrons. The first-order valence-electron chi connectivity index (χ1n) is 10.9. The quantitative estimate of drug-likeness (QED) is 0.806. The van der Waals surface area contributed by atoms with Crippen LogP contribution < -0.4 is 5.32 Å². The van der Waals surface area contributed by atoms with E-state index < -0.39 is 23.8 Å². The number of fused-ring (bicyclic) bond motifs is 3. The van der Waals surface area contributed by atoms with Crippen LogP contribution in [0.5, 0.6) is 0 Å². The van der Waals surface area contributed by atoms with Gasteiger partial charge in [-0.2, -0.15) is 5.26 Å². The minimum Gasteiger partial charge on any atom is -0.444 e. The second-order valence-corrected chi connectivity index (χ2v) is 9.64. The molecule has 1 saturated carbocycles. The molecule has 1 saturated heterocycles. The number of nitrogens with one attached hydrogen (secondary N) is 1. The predicted octanol–water partition coefficient (Wildman–Crippen LogP) is 4.18. The third-order valence-corrected chi connectivity index (χ3v) is 6.18. The van der Waals surface area contributed by atoms with E-state index in [1.807, 2.05) is 57.2 Å². The maximum absolute atomic E-state index is 13.2. The zero-order valence-corrected chi connectivity index (χ0v) is 18.3. The van der Waals surface area contributed by atoms with Crippen LogP contribution in [-0.2, 0) is 16.0 Å². The lowest BCUT2D eigenvalue weighted by atomic mass is 9.97. The summed E-state index contributed by atoms with van der Waals surface area (Å²) < 4.78 is 5.56. The summed E-state index contributed by atoms with van der Waals surface area (Å²) in [6, 6.07) is 15.1. The molecule has 2 bridgehead atoms. The van der Waals surface area contributed by atoms with E-state index in [1.54, 1.807) is 4.90 Å². The molecule has 6 nitrogen and oxygen atoms in total. The molecule has 4 rings (SSSR count). The highest BCUT2D eigenvalue weighted by atomic mass is 16.6. The Morgan fingerprint density at radius 3 is 2.65 bits per heavy atom. The monoisotopic (exact) mass is 419 g/mol. The van der Waals surface area contributed by atoms with Crippen molar-refractivity contribution in [1.29, 1.82) is 5.26 Å². The number of hydrogen-bond donors (Lipinski definition) is 1. The number of nitrogens with zero attached hydrogens (tertiary/aromatic N) is 2. The first-order valence-corrected chi connectivity index (χ1v) is 10.9. The molecule has 4 atom stereocenters. The van der Waals surface area contributed by atoms with E-state index >= 15 is 0 Å². The summed E-state index contributed by atoms with van der Waals surface area (Å²) in [6.07, 6.45) is 2.61. The SMILES string of the molecule is CC(C)(C)OC(=O)N1[C@@H]2CC[C@@H](C2)[C@H]1C(=O)N[C@H](C#N)Cc1ccc2ccccc2c1. The standard InChI is InChI=1S/C25H29N3O3/c1-25(2,3)31-24(30)28-21-11-10-19(14-21)22(28)23(29)27-20(15-26)13-16-8-9-17-6-4-5-7-18(17)12-16/h4-9,12,19-22H,10-11,13-14H2,1-3H3,(H,27,29)/t19-,20-,21+,22-/m0/s1. The van der Waals surface area contributed by atoms with Crippen LogP contribution in [0.15, 0.2) is 42.5 Å². The number of likely N-dealkylation sites (tertiary alicyclic amines) is 1. The van der Waals surface area contributed by atoms with E-state index in [0.717, 1.165) is 35.6 Å². The summed E-state index contributed by atoms with van der Waals surface area (Å²) in [6.45, 7) is 5.47. The largest absolute Gasteiger partial charge is 0.444 e. The number of carbonyl (C=O) groups is 2. The van der Waals surface area contributed by atoms with Crippen LogP contribution in [0.3, 0.4) is 0 Å². The van der Waals surface area contributed by atoms with Crippen molar-refractivity contribution in [3.63, 3.8) is 0 Å². The number of ether oxygens (including phenoxy) is 1. The highest BCUT2D eigenvalue weighted by Gasteiger charge is 2.52. The lowest BCUT2D eigenvalue weighted by Crippen LogP contribution is -2.55. The topological polar surface area (TPSA) is 82.4 Å². The van der Waals surface area contributed by atoms with E-state index in [0.29, 0.717) is 6.42 Å². The van der Waals surface area contributed by atoms with Gasteiger partial charge in [-0.1, -0.05) is 42.5 Å². The van der Waals surface area contributed by atoms with Crippen molar-refractivity contribution in [3.05, 3.63) is 48.0 Å². The fourth-order valence-corrected chi connectivity index (χ4v) is 4.89. The molecular formula is C25H29N3O3. The Labute approximate surface area is 183 Å². The van der Waals surface area contributed by atoms with Crippen LogP contribution in [0.1, 0.15) is 45.6 Å². The average Bonchev–Trinajstić information content (AvgIpc) is 3.33. The summed E-state index contributed by atoms with van der Waals surface area (Å²) in [4.78, 5) is 27.6. The molecule has 2 amide bonds. The van der Waals surface area contributed by atoms with Gasteiger partial charge in [0.2, 0.25) is 5.91 Å². The Morgan fingerprint density at radius 2 is 1.94 bits per heavy atom. The molecule has 1 N–H and O–H groups in total. The second-order valence-electron chi connectivity index (χ2n) is 9.64. The molecule has 0 spiro atoms. The van der Waals surface area contributed by atoms with Crippen LogP contribution in [0.2, 0.25) is 0 Å². The van der Waals surface area contributed by atoms with E-state index in [-0.39, 0.29) is 17.9 Å². The van der Waals surface area contributed by atoms with Gasteiger partial charge >= 0.3 is 6.09 Å². The normalized spacial score (nSPS) is 23.4. The predicted molar refractivity (Wildman–Crippen MR) is 118 cm³/mol. The fraction of sp³-hybridized carbons (Fsp3) is 0.480. The molecule has 0 aromatic heterocycles. The van der Waals surface area contributed by atoms with E-state index in [4.69, 9.17) is 4.74 Å². The Hall–Kier alpha value is -3.07. The maximum Gasteiger partial charge on any atom is 0.411 e. The third-order valence-electron chi connectivity index (χ3n) is 6.18. The molecule has 162 valence electrons. The van der Waals surface area contributed by atoms with Gasteiger partial charge in [0.25, 0.3) is 0 Å². The van der Waals surface area contributed by atoms with Crippen molar-refractivity contribution in [2.24, 2.45) is 5.92 Å². The average molecular weight is 420 g/mol. The Kier molecular flexibility index (Phi) is 5.62. The van der Waals surface area contributed by atoms with Crippen molar-refractivity contribution < 1.29 is 14.3 Å². The summed E-state index contributed by atoms with van der Waals surface area (Å²) in [7, 11) is 0. The molecule has 2 aromatic rings. The number of rotatable bonds is 4. The number of piperidine rings is 1. The molecule has 6 heteroatoms. The van der Waals surface area contributed by atoms with Gasteiger partial charge in [-0.05, 0) is 62.3 Å². The summed E-state index contributed by atoms with van der Waals surface area (Å²) in [5.74, 6) is -0.136. The Morgan fingerprint density at radius 1 is 1.19 bits per heavy atom. The zero-order chi connectivity index (χ0) is 22.2. The molecule has 1 heterocycles. The van der Waals surface area contributed by atoms with Gasteiger partial charge in [0.15, 0.2) is 0 Å². The van der Waals surface area contributed by atoms with Gasteiger partial charge in [0.1, 0.15) is 17.7 Å². The van der Waals surface area contributed by atoms with Gasteiger partial charge < -0.3 is 10.1 Å². The number of nitriles is 1. The zero-order valence-electron chi connectivity index (χ0n) is 18.3. The maximum atomic E-state index is 13.2. The number of benzene rings is 2. The lowest BCUT2D eigenvalue weighted by molar-refractivity contribution is -0.128. The number of hydrogen-bond acceptors (Lipinski definition) is 4. The van der Waals surface area contributed by atoms with Crippen molar-refractivity contribution in [2.45, 2.75) is 70.2 Å². The van der Waals surface area contributed by atoms with Crippen LogP contribution >= 0.6 is 0 Å². The van der Waals surface area contributed by atoms with Crippen LogP contribution in [0, 0.1) is 17.2 Å². The van der Waals surface area contributed by atoms with Gasteiger partial charge in [0, 0.05) is 12.5 Å². The molecular weight excluding hydrogens is 390 g/mol. The van der Waals surface area contributed by atoms with Gasteiger partial charge in [-0.3, -0.25) is 9.69 Å². The van der Waals surface area contributed by atoms with E-state index in [9.17, 15) is 14.9 Å². The molecule has 0 unspecified atom stereocenters. The van der Waals surface area contributed by atoms with Crippen molar-refractivity contribution in [2.75, 3.05) is 0 Å². The molecule has 1 aliphatic heterocycles. The van der Waals surface area contributed by atoms with Crippen LogP contribution in [0.25, 0.3) is 10.8 Å². The third kappa shape index (κ3) is 4.51. The molecule has 31 heavy (non-hydrogen) atoms. The Balaban J connectivity index is 1.47. The first kappa shape index (κ1) is 21.2. The summed E-state index contributed by atoms with van der Waals surface area (Å²) in [5.41, 5.74) is 0.369. The number of carbonyl (C=O) groups excluding carboxylic acids is 2. The Bertz CT molecular complexity index is 1040. The van der Waals surface area contributed by atoms with Crippen molar-refractivity contribution in [1.82, 2.24) is 10.2 Å². The van der Waals surface area contributed by atoms with Gasteiger partial charge in [-0.15, -0.1) is 0 Å². The van der Waals surface area contributed by atoms with E-state index in [2.05, 4.69) is 17.5 Å². The minimum atomic E-state index is -0.659. The highest BCUT2D eigenvalue weighted by molar-refractivity contribution is 5.88. The number of amides is 2. The first-order chi connectivity index (χ1) is 14.7. The second kappa shape index (κ2) is 8.22. The van der Waals surface area contributed by atoms with E-state index in [1.165, 1.54) is 0 Å². The van der Waals surface area contributed by atoms with Gasteiger partial charge in [0.05, 0.1) is 6.07 Å². The fourth-order valence-electron chi connectivity index (χ4n) is 4.89. The molecule has 2 aliphatic rings. The lowest BCUT2D eigenvalue weighted by Gasteiger charge is -2.35. The summed E-state index contributed by atoms with van der Waals surface area (Å²) >= 11 is 0. The molecule has 2 fully saturated rings. The van der Waals surface area contributed by atoms with Crippen molar-refractivity contribution >= 4 is 22.8 Å². The smallest absolute Gasteiger partial charge is 0.411 e. The van der Waals surface area contributed by atoms with Crippen LogP contribution in [-0.4, -0.2) is 40.6 Å². The molecule has 1 aliphatic carbocycles. The van der Waals surface area contributed by atoms with Crippen LogP contribution in [0.4, 0.5) is 4.79 Å². The summed E-state index contributed by atoms with van der Waals surface area (Å²) in [5, 5.41) is 14.8. The highest BCUT2D eigenvalue weighted by Crippen LogP contribution is 2.43. The minimum absolute atomic E-state index is 0.0385.